The molecule has 1 aromatic rings. The van der Waals surface area contributed by atoms with Gasteiger partial charge in [-0.1, -0.05) is 12.1 Å². The third-order valence-corrected chi connectivity index (χ3v) is 6.75. The Morgan fingerprint density at radius 2 is 1.77 bits per heavy atom. The highest BCUT2D eigenvalue weighted by Gasteiger charge is 2.48. The summed E-state index contributed by atoms with van der Waals surface area (Å²) in [4.78, 5) is 12.7. The van der Waals surface area contributed by atoms with Gasteiger partial charge in [-0.2, -0.15) is 13.2 Å². The number of alkyl halides is 3. The van der Waals surface area contributed by atoms with E-state index in [0.717, 1.165) is 18.4 Å². The summed E-state index contributed by atoms with van der Waals surface area (Å²) >= 11 is 0. The number of benzene rings is 1. The quantitative estimate of drug-likeness (QED) is 0.803. The predicted molar refractivity (Wildman–Crippen MR) is 92.4 cm³/mol. The second-order valence-corrected chi connectivity index (χ2v) is 9.12. The van der Waals surface area contributed by atoms with Crippen molar-refractivity contribution in [2.75, 3.05) is 19.3 Å². The summed E-state index contributed by atoms with van der Waals surface area (Å²) in [5, 5.41) is 5.76. The third kappa shape index (κ3) is 4.56. The zero-order valence-electron chi connectivity index (χ0n) is 14.7. The van der Waals surface area contributed by atoms with Crippen LogP contribution < -0.4 is 10.6 Å². The van der Waals surface area contributed by atoms with Crippen LogP contribution >= 0.6 is 0 Å². The van der Waals surface area contributed by atoms with Crippen molar-refractivity contribution in [2.45, 2.75) is 43.2 Å². The Bertz CT molecular complexity index is 740. The molecule has 5 nitrogen and oxygen atoms in total. The lowest BCUT2D eigenvalue weighted by atomic mass is 9.95. The lowest BCUT2D eigenvalue weighted by Gasteiger charge is -2.35. The maximum atomic E-state index is 12.7. The standard InChI is InChI=1S/C17H23F3N2O3S/c1-12(11-13-3-5-14(6-4-13)17(18,19)20)22-15(23)16(26(2,24)25)7-9-21-10-8-16/h3-6,12,21H,7-11H2,1-2H3,(H,22,23). The highest BCUT2D eigenvalue weighted by Crippen LogP contribution is 2.30. The number of amides is 1. The number of sulfone groups is 1. The van der Waals surface area contributed by atoms with Crippen LogP contribution in [0.15, 0.2) is 24.3 Å². The molecule has 1 amide bonds. The molecule has 1 fully saturated rings. The van der Waals surface area contributed by atoms with Crippen LogP contribution in [0.2, 0.25) is 0 Å². The molecule has 0 spiro atoms. The fourth-order valence-electron chi connectivity index (χ4n) is 3.19. The Balaban J connectivity index is 2.06. The number of halogens is 3. The van der Waals surface area contributed by atoms with Gasteiger partial charge in [0, 0.05) is 12.3 Å². The monoisotopic (exact) mass is 392 g/mol. The van der Waals surface area contributed by atoms with Crippen molar-refractivity contribution < 1.29 is 26.4 Å². The van der Waals surface area contributed by atoms with Crippen molar-refractivity contribution in [3.63, 3.8) is 0 Å². The lowest BCUT2D eigenvalue weighted by Crippen LogP contribution is -2.58. The molecule has 1 atom stereocenters. The first-order valence-corrected chi connectivity index (χ1v) is 10.2. The minimum Gasteiger partial charge on any atom is -0.352 e. The molecular formula is C17H23F3N2O3S. The van der Waals surface area contributed by atoms with Gasteiger partial charge in [0.25, 0.3) is 0 Å². The van der Waals surface area contributed by atoms with Gasteiger partial charge in [0.1, 0.15) is 0 Å². The molecule has 1 heterocycles. The third-order valence-electron chi connectivity index (χ3n) is 4.74. The molecule has 0 aromatic heterocycles. The van der Waals surface area contributed by atoms with Crippen molar-refractivity contribution in [3.8, 4) is 0 Å². The van der Waals surface area contributed by atoms with Crippen molar-refractivity contribution in [1.82, 2.24) is 10.6 Å². The van der Waals surface area contributed by atoms with Crippen LogP contribution in [0.3, 0.4) is 0 Å². The average molecular weight is 392 g/mol. The molecule has 9 heteroatoms. The van der Waals surface area contributed by atoms with E-state index < -0.39 is 38.3 Å². The summed E-state index contributed by atoms with van der Waals surface area (Å²) < 4.78 is 60.8. The first-order valence-electron chi connectivity index (χ1n) is 8.33. The Hall–Kier alpha value is -1.61. The lowest BCUT2D eigenvalue weighted by molar-refractivity contribution is -0.137. The summed E-state index contributed by atoms with van der Waals surface area (Å²) in [6, 6.07) is 4.31. The zero-order chi connectivity index (χ0) is 19.6. The van der Waals surface area contributed by atoms with Gasteiger partial charge in [-0.3, -0.25) is 4.79 Å². The van der Waals surface area contributed by atoms with E-state index in [9.17, 15) is 26.4 Å². The number of carbonyl (C=O) groups is 1. The SMILES string of the molecule is CC(Cc1ccc(C(F)(F)F)cc1)NC(=O)C1(S(C)(=O)=O)CCNCC1. The van der Waals surface area contributed by atoms with Crippen molar-refractivity contribution in [1.29, 1.82) is 0 Å². The number of hydrogen-bond acceptors (Lipinski definition) is 4. The Morgan fingerprint density at radius 3 is 2.23 bits per heavy atom. The molecule has 146 valence electrons. The minimum absolute atomic E-state index is 0.199. The largest absolute Gasteiger partial charge is 0.416 e. The first kappa shape index (κ1) is 20.7. The summed E-state index contributed by atoms with van der Waals surface area (Å²) in [5.41, 5.74) is -0.104. The van der Waals surface area contributed by atoms with Crippen molar-refractivity contribution in [2.24, 2.45) is 0 Å². The van der Waals surface area contributed by atoms with E-state index in [4.69, 9.17) is 0 Å². The van der Waals surface area contributed by atoms with E-state index in [0.29, 0.717) is 25.1 Å². The van der Waals surface area contributed by atoms with Gasteiger partial charge < -0.3 is 10.6 Å². The number of carbonyl (C=O) groups excluding carboxylic acids is 1. The van der Waals surface area contributed by atoms with E-state index in [1.165, 1.54) is 12.1 Å². The smallest absolute Gasteiger partial charge is 0.352 e. The molecule has 0 aliphatic carbocycles. The van der Waals surface area contributed by atoms with Gasteiger partial charge in [-0.15, -0.1) is 0 Å². The van der Waals surface area contributed by atoms with Crippen LogP contribution in [0.25, 0.3) is 0 Å². The second-order valence-electron chi connectivity index (χ2n) is 6.79. The zero-order valence-corrected chi connectivity index (χ0v) is 15.5. The van der Waals surface area contributed by atoms with Gasteiger partial charge in [-0.05, 0) is 57.0 Å². The molecule has 1 unspecified atom stereocenters. The molecular weight excluding hydrogens is 369 g/mol. The molecule has 1 aliphatic heterocycles. The maximum Gasteiger partial charge on any atom is 0.416 e. The van der Waals surface area contributed by atoms with Gasteiger partial charge in [0.15, 0.2) is 14.6 Å². The molecule has 26 heavy (non-hydrogen) atoms. The van der Waals surface area contributed by atoms with Crippen LogP contribution in [0.4, 0.5) is 13.2 Å². The van der Waals surface area contributed by atoms with Crippen LogP contribution in [0.1, 0.15) is 30.9 Å². The summed E-state index contributed by atoms with van der Waals surface area (Å²) in [6.07, 6.45) is -2.62. The maximum absolute atomic E-state index is 12.7. The molecule has 0 bridgehead atoms. The summed E-state index contributed by atoms with van der Waals surface area (Å²) in [5.74, 6) is -0.541. The second kappa shape index (κ2) is 7.56. The van der Waals surface area contributed by atoms with E-state index in [-0.39, 0.29) is 12.8 Å². The minimum atomic E-state index is -4.39. The fourth-order valence-corrected chi connectivity index (χ4v) is 4.53. The molecule has 1 aromatic carbocycles. The number of hydrogen-bond donors (Lipinski definition) is 2. The van der Waals surface area contributed by atoms with Crippen molar-refractivity contribution >= 4 is 15.7 Å². The van der Waals surface area contributed by atoms with Crippen LogP contribution in [0, 0.1) is 0 Å². The Labute approximate surface area is 151 Å². The van der Waals surface area contributed by atoms with E-state index in [2.05, 4.69) is 10.6 Å². The average Bonchev–Trinajstić information content (AvgIpc) is 2.54. The molecule has 2 rings (SSSR count). The molecule has 1 aliphatic rings. The topological polar surface area (TPSA) is 75.3 Å². The molecule has 1 saturated heterocycles. The molecule has 0 saturated carbocycles. The highest BCUT2D eigenvalue weighted by atomic mass is 32.2. The van der Waals surface area contributed by atoms with E-state index in [1.807, 2.05) is 0 Å². The Kier molecular flexibility index (Phi) is 6.02. The summed E-state index contributed by atoms with van der Waals surface area (Å²) in [7, 11) is -3.60. The van der Waals surface area contributed by atoms with Gasteiger partial charge in [0.2, 0.25) is 5.91 Å². The van der Waals surface area contributed by atoms with Crippen LogP contribution in [0.5, 0.6) is 0 Å². The van der Waals surface area contributed by atoms with Gasteiger partial charge in [-0.25, -0.2) is 8.42 Å². The number of rotatable bonds is 5. The number of piperidine rings is 1. The predicted octanol–water partition coefficient (Wildman–Crippen LogP) is 1.92. The van der Waals surface area contributed by atoms with Crippen molar-refractivity contribution in [3.05, 3.63) is 35.4 Å². The number of nitrogens with one attached hydrogen (secondary N) is 2. The van der Waals surface area contributed by atoms with Crippen LogP contribution in [-0.4, -0.2) is 44.5 Å². The van der Waals surface area contributed by atoms with E-state index in [1.54, 1.807) is 6.92 Å². The van der Waals surface area contributed by atoms with Gasteiger partial charge in [0.05, 0.1) is 5.56 Å². The molecule has 0 radical (unpaired) electrons. The molecule has 2 N–H and O–H groups in total. The van der Waals surface area contributed by atoms with E-state index >= 15 is 0 Å². The fraction of sp³-hybridized carbons (Fsp3) is 0.588. The normalized spacial score (nSPS) is 19.0. The Morgan fingerprint density at radius 1 is 1.23 bits per heavy atom. The summed E-state index contributed by atoms with van der Waals surface area (Å²) in [6.45, 7) is 2.58. The first-order chi connectivity index (χ1) is 12.0. The van der Waals surface area contributed by atoms with Gasteiger partial charge >= 0.3 is 6.18 Å². The van der Waals surface area contributed by atoms with Crippen LogP contribution in [-0.2, 0) is 27.2 Å². The highest BCUT2D eigenvalue weighted by molar-refractivity contribution is 7.92.